The molecule has 0 bridgehead atoms. The van der Waals surface area contributed by atoms with Crippen LogP contribution in [0.3, 0.4) is 0 Å². The van der Waals surface area contributed by atoms with Gasteiger partial charge in [0.25, 0.3) is 5.91 Å². The van der Waals surface area contributed by atoms with Gasteiger partial charge in [-0.2, -0.15) is 0 Å². The van der Waals surface area contributed by atoms with Gasteiger partial charge in [-0.3, -0.25) is 14.9 Å². The summed E-state index contributed by atoms with van der Waals surface area (Å²) in [4.78, 5) is 38.3. The molecule has 0 saturated heterocycles. The number of amides is 3. The normalized spacial score (nSPS) is 11.8. The first kappa shape index (κ1) is 25.7. The number of aromatic hydroxyl groups is 1. The number of ether oxygens (including phenoxy) is 2. The molecule has 196 valence electrons. The predicted molar refractivity (Wildman–Crippen MR) is 144 cm³/mol. The fraction of sp³-hybridized carbons (Fsp3) is 0.129. The molecule has 0 unspecified atom stereocenters. The molecule has 4 aromatic carbocycles. The second-order valence-electron chi connectivity index (χ2n) is 8.95. The molecule has 3 amide bonds. The lowest BCUT2D eigenvalue weighted by molar-refractivity contribution is -0.135. The highest BCUT2D eigenvalue weighted by Gasteiger charge is 2.30. The van der Waals surface area contributed by atoms with Crippen LogP contribution in [-0.4, -0.2) is 29.6 Å². The van der Waals surface area contributed by atoms with Crippen LogP contribution in [0.2, 0.25) is 0 Å². The Morgan fingerprint density at radius 1 is 0.769 bits per heavy atom. The first-order chi connectivity index (χ1) is 19.0. The number of fused-ring (bicyclic) bond motifs is 3. The van der Waals surface area contributed by atoms with Crippen LogP contribution in [0.15, 0.2) is 97.1 Å². The van der Waals surface area contributed by atoms with E-state index in [4.69, 9.17) is 9.47 Å². The number of urea groups is 1. The fourth-order valence-electron chi connectivity index (χ4n) is 4.57. The molecular formula is C31H26N2O6. The van der Waals surface area contributed by atoms with Crippen LogP contribution in [0.1, 0.15) is 39.5 Å². The number of imide groups is 1. The van der Waals surface area contributed by atoms with Gasteiger partial charge >= 0.3 is 12.0 Å². The van der Waals surface area contributed by atoms with Gasteiger partial charge < -0.3 is 19.9 Å². The highest BCUT2D eigenvalue weighted by Crippen LogP contribution is 2.43. The van der Waals surface area contributed by atoms with Crippen molar-refractivity contribution in [3.63, 3.8) is 0 Å². The van der Waals surface area contributed by atoms with Gasteiger partial charge in [0, 0.05) is 0 Å². The molecule has 0 radical (unpaired) electrons. The van der Waals surface area contributed by atoms with E-state index in [9.17, 15) is 19.5 Å². The van der Waals surface area contributed by atoms with Crippen molar-refractivity contribution < 1.29 is 29.0 Å². The third-order valence-corrected chi connectivity index (χ3v) is 6.35. The van der Waals surface area contributed by atoms with E-state index < -0.39 is 29.7 Å². The van der Waals surface area contributed by atoms with Gasteiger partial charge in [-0.25, -0.2) is 4.79 Å². The molecular weight excluding hydrogens is 496 g/mol. The minimum absolute atomic E-state index is 0.0649. The Morgan fingerprint density at radius 2 is 1.41 bits per heavy atom. The third-order valence-electron chi connectivity index (χ3n) is 6.35. The van der Waals surface area contributed by atoms with E-state index in [0.29, 0.717) is 6.61 Å². The maximum atomic E-state index is 13.0. The third kappa shape index (κ3) is 5.81. The Morgan fingerprint density at radius 3 is 2.10 bits per heavy atom. The molecule has 39 heavy (non-hydrogen) atoms. The monoisotopic (exact) mass is 522 g/mol. The summed E-state index contributed by atoms with van der Waals surface area (Å²) in [7, 11) is 0. The van der Waals surface area contributed by atoms with Gasteiger partial charge in [0.05, 0.1) is 25.7 Å². The van der Waals surface area contributed by atoms with Crippen molar-refractivity contribution in [3.8, 4) is 22.6 Å². The van der Waals surface area contributed by atoms with Crippen molar-refractivity contribution in [1.82, 2.24) is 10.6 Å². The lowest BCUT2D eigenvalue weighted by Gasteiger charge is -2.17. The quantitative estimate of drug-likeness (QED) is 0.168. The second-order valence-corrected chi connectivity index (χ2v) is 8.95. The minimum atomic E-state index is -0.909. The standard InChI is InChI=1S/C31H26N2O6/c34-25-15-8-16-26(39-27(35)17-18-38-19-20-9-2-1-3-10-20)28(25)30(36)33-31(37)32-29-23-13-6-4-11-21(23)22-12-5-7-14-24(22)29/h1-16,29,34H,17-19H2,(H2,32,33,36,37). The maximum absolute atomic E-state index is 13.0. The highest BCUT2D eigenvalue weighted by molar-refractivity contribution is 6.08. The Balaban J connectivity index is 1.21. The first-order valence-corrected chi connectivity index (χ1v) is 12.5. The fourth-order valence-corrected chi connectivity index (χ4v) is 4.57. The lowest BCUT2D eigenvalue weighted by Crippen LogP contribution is -2.41. The number of nitrogens with one attached hydrogen (secondary N) is 2. The summed E-state index contributed by atoms with van der Waals surface area (Å²) >= 11 is 0. The van der Waals surface area contributed by atoms with Crippen molar-refractivity contribution in [2.75, 3.05) is 6.61 Å². The molecule has 0 heterocycles. The van der Waals surface area contributed by atoms with Crippen molar-refractivity contribution in [2.45, 2.75) is 19.1 Å². The Labute approximate surface area is 225 Å². The van der Waals surface area contributed by atoms with E-state index in [2.05, 4.69) is 10.6 Å². The number of carbonyl (C=O) groups is 3. The first-order valence-electron chi connectivity index (χ1n) is 12.5. The summed E-state index contributed by atoms with van der Waals surface area (Å²) in [5.41, 5.74) is 4.49. The van der Waals surface area contributed by atoms with Crippen molar-refractivity contribution >= 4 is 17.9 Å². The van der Waals surface area contributed by atoms with Crippen LogP contribution in [0, 0.1) is 0 Å². The zero-order valence-corrected chi connectivity index (χ0v) is 20.9. The molecule has 8 heteroatoms. The van der Waals surface area contributed by atoms with Gasteiger partial charge in [0.1, 0.15) is 17.1 Å². The summed E-state index contributed by atoms with van der Waals surface area (Å²) in [6.45, 7) is 0.458. The molecule has 0 aliphatic heterocycles. The molecule has 8 nitrogen and oxygen atoms in total. The minimum Gasteiger partial charge on any atom is -0.507 e. The number of phenolic OH excluding ortho intramolecular Hbond substituents is 1. The predicted octanol–water partition coefficient (Wildman–Crippen LogP) is 5.11. The van der Waals surface area contributed by atoms with Crippen molar-refractivity contribution in [2.24, 2.45) is 0 Å². The molecule has 5 rings (SSSR count). The zero-order chi connectivity index (χ0) is 27.2. The number of esters is 1. The van der Waals surface area contributed by atoms with Crippen LogP contribution in [0.5, 0.6) is 11.5 Å². The Bertz CT molecular complexity index is 1470. The average Bonchev–Trinajstić information content (AvgIpc) is 3.25. The number of rotatable bonds is 8. The zero-order valence-electron chi connectivity index (χ0n) is 20.9. The summed E-state index contributed by atoms with van der Waals surface area (Å²) in [6.07, 6.45) is -0.0649. The molecule has 0 aromatic heterocycles. The second kappa shape index (κ2) is 11.6. The molecule has 0 atom stereocenters. The number of carbonyl (C=O) groups excluding carboxylic acids is 3. The molecule has 4 aromatic rings. The van der Waals surface area contributed by atoms with Crippen LogP contribution in [0.4, 0.5) is 4.79 Å². The van der Waals surface area contributed by atoms with Crippen LogP contribution < -0.4 is 15.4 Å². The highest BCUT2D eigenvalue weighted by atomic mass is 16.5. The van der Waals surface area contributed by atoms with Gasteiger partial charge in [-0.05, 0) is 39.9 Å². The maximum Gasteiger partial charge on any atom is 0.322 e. The van der Waals surface area contributed by atoms with E-state index >= 15 is 0 Å². The van der Waals surface area contributed by atoms with Crippen LogP contribution >= 0.6 is 0 Å². The lowest BCUT2D eigenvalue weighted by atomic mass is 10.1. The number of hydrogen-bond acceptors (Lipinski definition) is 6. The molecule has 0 saturated carbocycles. The SMILES string of the molecule is O=C(NC(=O)c1c(O)cccc1OC(=O)CCOCc1ccccc1)NC1c2ccccc2-c2ccccc21. The molecule has 0 spiro atoms. The molecule has 0 fully saturated rings. The van der Waals surface area contributed by atoms with E-state index in [1.165, 1.54) is 18.2 Å². The summed E-state index contributed by atoms with van der Waals surface area (Å²) in [6, 6.07) is 27.8. The van der Waals surface area contributed by atoms with Crippen molar-refractivity contribution in [1.29, 1.82) is 0 Å². The van der Waals surface area contributed by atoms with Gasteiger partial charge in [-0.1, -0.05) is 84.9 Å². The molecule has 1 aliphatic rings. The van der Waals surface area contributed by atoms with E-state index in [-0.39, 0.29) is 24.3 Å². The Hall–Kier alpha value is -4.95. The number of benzene rings is 4. The van der Waals surface area contributed by atoms with Crippen molar-refractivity contribution in [3.05, 3.63) is 119 Å². The van der Waals surface area contributed by atoms with Gasteiger partial charge in [0.15, 0.2) is 0 Å². The van der Waals surface area contributed by atoms with Crippen LogP contribution in [-0.2, 0) is 16.1 Å². The summed E-state index contributed by atoms with van der Waals surface area (Å²) in [5, 5.41) is 15.5. The summed E-state index contributed by atoms with van der Waals surface area (Å²) in [5.74, 6) is -2.15. The van der Waals surface area contributed by atoms with E-state index in [1.54, 1.807) is 0 Å². The topological polar surface area (TPSA) is 114 Å². The molecule has 3 N–H and O–H groups in total. The molecule has 1 aliphatic carbocycles. The summed E-state index contributed by atoms with van der Waals surface area (Å²) < 4.78 is 10.8. The largest absolute Gasteiger partial charge is 0.507 e. The number of hydrogen-bond donors (Lipinski definition) is 3. The van der Waals surface area contributed by atoms with Crippen LogP contribution in [0.25, 0.3) is 11.1 Å². The van der Waals surface area contributed by atoms with E-state index in [0.717, 1.165) is 27.8 Å². The van der Waals surface area contributed by atoms with E-state index in [1.807, 2.05) is 78.9 Å². The van der Waals surface area contributed by atoms with Gasteiger partial charge in [-0.15, -0.1) is 0 Å². The Kier molecular flexibility index (Phi) is 7.65. The average molecular weight is 523 g/mol. The smallest absolute Gasteiger partial charge is 0.322 e. The number of phenols is 1. The van der Waals surface area contributed by atoms with Gasteiger partial charge in [0.2, 0.25) is 0 Å².